The Bertz CT molecular complexity index is 441. The first kappa shape index (κ1) is 11.1. The molecular weight excluding hydrogens is 224 g/mol. The van der Waals surface area contributed by atoms with Crippen LogP contribution < -0.4 is 0 Å². The number of hydrogen-bond acceptors (Lipinski definition) is 4. The van der Waals surface area contributed by atoms with Crippen LogP contribution in [0, 0.1) is 11.3 Å². The minimum atomic E-state index is -1.02. The Kier molecular flexibility index (Phi) is 3.20. The fourth-order valence-corrected chi connectivity index (χ4v) is 3.23. The molecular formula is C11H12N2O2S. The summed E-state index contributed by atoms with van der Waals surface area (Å²) in [5, 5.41) is 18.5. The predicted molar refractivity (Wildman–Crippen MR) is 59.6 cm³/mol. The smallest absolute Gasteiger partial charge is 0.355 e. The second kappa shape index (κ2) is 4.62. The molecule has 0 atom stereocenters. The van der Waals surface area contributed by atoms with E-state index in [1.54, 1.807) is 0 Å². The van der Waals surface area contributed by atoms with Crippen molar-refractivity contribution in [1.82, 2.24) is 4.98 Å². The number of carboxylic acids is 1. The van der Waals surface area contributed by atoms with Gasteiger partial charge >= 0.3 is 5.97 Å². The molecule has 84 valence electrons. The van der Waals surface area contributed by atoms with Gasteiger partial charge in [-0.1, -0.05) is 12.8 Å². The van der Waals surface area contributed by atoms with Gasteiger partial charge in [0.1, 0.15) is 0 Å². The minimum absolute atomic E-state index is 0.0773. The minimum Gasteiger partial charge on any atom is -0.476 e. The van der Waals surface area contributed by atoms with Crippen molar-refractivity contribution in [1.29, 1.82) is 5.26 Å². The lowest BCUT2D eigenvalue weighted by Crippen LogP contribution is -2.01. The zero-order valence-corrected chi connectivity index (χ0v) is 9.59. The maximum Gasteiger partial charge on any atom is 0.355 e. The number of nitriles is 1. The highest BCUT2D eigenvalue weighted by Crippen LogP contribution is 2.37. The molecule has 1 aliphatic rings. The average molecular weight is 236 g/mol. The van der Waals surface area contributed by atoms with Crippen LogP contribution in [-0.4, -0.2) is 16.1 Å². The van der Waals surface area contributed by atoms with Gasteiger partial charge in [0, 0.05) is 5.92 Å². The van der Waals surface area contributed by atoms with Crippen molar-refractivity contribution in [3.8, 4) is 6.07 Å². The molecule has 1 aliphatic carbocycles. The van der Waals surface area contributed by atoms with Crippen LogP contribution in [0.2, 0.25) is 0 Å². The number of aromatic carboxylic acids is 1. The highest BCUT2D eigenvalue weighted by Gasteiger charge is 2.24. The second-order valence-corrected chi connectivity index (χ2v) is 5.06. The Morgan fingerprint density at radius 3 is 2.81 bits per heavy atom. The first-order chi connectivity index (χ1) is 7.72. The monoisotopic (exact) mass is 236 g/mol. The molecule has 5 heteroatoms. The predicted octanol–water partition coefficient (Wildman–Crippen LogP) is 2.56. The summed E-state index contributed by atoms with van der Waals surface area (Å²) in [5.41, 5.74) is 0.0773. The van der Waals surface area contributed by atoms with Gasteiger partial charge in [-0.15, -0.1) is 11.3 Å². The van der Waals surface area contributed by atoms with E-state index >= 15 is 0 Å². The average Bonchev–Trinajstić information content (AvgIpc) is 2.83. The van der Waals surface area contributed by atoms with Gasteiger partial charge in [-0.25, -0.2) is 9.78 Å². The van der Waals surface area contributed by atoms with Gasteiger partial charge in [0.15, 0.2) is 5.69 Å². The zero-order chi connectivity index (χ0) is 11.5. The van der Waals surface area contributed by atoms with E-state index in [4.69, 9.17) is 10.4 Å². The Morgan fingerprint density at radius 2 is 2.25 bits per heavy atom. The SMILES string of the molecule is N#CCc1sc(C2CCCC2)nc1C(=O)O. The van der Waals surface area contributed by atoms with E-state index in [-0.39, 0.29) is 12.1 Å². The van der Waals surface area contributed by atoms with E-state index in [0.29, 0.717) is 10.8 Å². The molecule has 0 aliphatic heterocycles. The van der Waals surface area contributed by atoms with E-state index in [0.717, 1.165) is 17.8 Å². The summed E-state index contributed by atoms with van der Waals surface area (Å²) in [4.78, 5) is 15.7. The first-order valence-corrected chi connectivity index (χ1v) is 6.14. The molecule has 16 heavy (non-hydrogen) atoms. The van der Waals surface area contributed by atoms with Gasteiger partial charge in [-0.2, -0.15) is 5.26 Å². The molecule has 0 saturated heterocycles. The normalized spacial score (nSPS) is 16.2. The van der Waals surface area contributed by atoms with E-state index in [2.05, 4.69) is 4.98 Å². The zero-order valence-electron chi connectivity index (χ0n) is 8.77. The third kappa shape index (κ3) is 2.07. The van der Waals surface area contributed by atoms with Crippen LogP contribution in [0.15, 0.2) is 0 Å². The van der Waals surface area contributed by atoms with E-state index in [1.807, 2.05) is 6.07 Å². The molecule has 1 saturated carbocycles. The van der Waals surface area contributed by atoms with Crippen LogP contribution in [0.5, 0.6) is 0 Å². The Labute approximate surface area is 97.6 Å². The molecule has 0 spiro atoms. The summed E-state index contributed by atoms with van der Waals surface area (Å²) in [6.07, 6.45) is 4.73. The van der Waals surface area contributed by atoms with Gasteiger partial charge < -0.3 is 5.11 Å². The molecule has 2 rings (SSSR count). The van der Waals surface area contributed by atoms with Gasteiger partial charge in [0.05, 0.1) is 22.4 Å². The number of rotatable bonds is 3. The Morgan fingerprint density at radius 1 is 1.56 bits per heavy atom. The highest BCUT2D eigenvalue weighted by molar-refractivity contribution is 7.12. The summed E-state index contributed by atoms with van der Waals surface area (Å²) in [6.45, 7) is 0. The molecule has 1 fully saturated rings. The largest absolute Gasteiger partial charge is 0.476 e. The maximum absolute atomic E-state index is 11.0. The fourth-order valence-electron chi connectivity index (χ4n) is 2.08. The topological polar surface area (TPSA) is 74.0 Å². The third-order valence-electron chi connectivity index (χ3n) is 2.86. The quantitative estimate of drug-likeness (QED) is 0.875. The number of carbonyl (C=O) groups is 1. The summed E-state index contributed by atoms with van der Waals surface area (Å²) >= 11 is 1.40. The summed E-state index contributed by atoms with van der Waals surface area (Å²) in [6, 6.07) is 1.99. The van der Waals surface area contributed by atoms with E-state index in [1.165, 1.54) is 24.2 Å². The molecule has 0 radical (unpaired) electrons. The van der Waals surface area contributed by atoms with Crippen LogP contribution in [0.25, 0.3) is 0 Å². The summed E-state index contributed by atoms with van der Waals surface area (Å²) in [7, 11) is 0. The summed E-state index contributed by atoms with van der Waals surface area (Å²) in [5.74, 6) is -0.610. The van der Waals surface area contributed by atoms with Crippen molar-refractivity contribution < 1.29 is 9.90 Å². The van der Waals surface area contributed by atoms with Crippen molar-refractivity contribution in [3.63, 3.8) is 0 Å². The Balaban J connectivity index is 2.30. The van der Waals surface area contributed by atoms with Gasteiger partial charge in [0.25, 0.3) is 0 Å². The molecule has 1 aromatic rings. The lowest BCUT2D eigenvalue weighted by Gasteiger charge is -2.01. The highest BCUT2D eigenvalue weighted by atomic mass is 32.1. The van der Waals surface area contributed by atoms with E-state index in [9.17, 15) is 4.79 Å². The van der Waals surface area contributed by atoms with Crippen molar-refractivity contribution in [2.75, 3.05) is 0 Å². The van der Waals surface area contributed by atoms with Crippen LogP contribution in [0.4, 0.5) is 0 Å². The molecule has 4 nitrogen and oxygen atoms in total. The van der Waals surface area contributed by atoms with Crippen molar-refractivity contribution in [2.45, 2.75) is 38.0 Å². The van der Waals surface area contributed by atoms with Crippen LogP contribution in [0.3, 0.4) is 0 Å². The van der Waals surface area contributed by atoms with Crippen molar-refractivity contribution in [3.05, 3.63) is 15.6 Å². The van der Waals surface area contributed by atoms with Crippen molar-refractivity contribution in [2.24, 2.45) is 0 Å². The van der Waals surface area contributed by atoms with Crippen LogP contribution >= 0.6 is 11.3 Å². The number of thiazole rings is 1. The molecule has 0 unspecified atom stereocenters. The third-order valence-corrected chi connectivity index (χ3v) is 4.08. The number of hydrogen-bond donors (Lipinski definition) is 1. The van der Waals surface area contributed by atoms with Gasteiger partial charge in [-0.3, -0.25) is 0 Å². The van der Waals surface area contributed by atoms with Gasteiger partial charge in [-0.05, 0) is 12.8 Å². The standard InChI is InChI=1S/C11H12N2O2S/c12-6-5-8-9(11(14)15)13-10(16-8)7-3-1-2-4-7/h7H,1-5H2,(H,14,15). The molecule has 1 aromatic heterocycles. The fraction of sp³-hybridized carbons (Fsp3) is 0.545. The molecule has 0 amide bonds. The molecule has 0 bridgehead atoms. The second-order valence-electron chi connectivity index (χ2n) is 3.95. The maximum atomic E-state index is 11.0. The number of carboxylic acid groups (broad SMARTS) is 1. The molecule has 0 aromatic carbocycles. The lowest BCUT2D eigenvalue weighted by molar-refractivity contribution is 0.0690. The van der Waals surface area contributed by atoms with Crippen LogP contribution in [-0.2, 0) is 6.42 Å². The first-order valence-electron chi connectivity index (χ1n) is 5.32. The number of nitrogens with zero attached hydrogens (tertiary/aromatic N) is 2. The number of aromatic nitrogens is 1. The molecule has 1 heterocycles. The van der Waals surface area contributed by atoms with Gasteiger partial charge in [0.2, 0.25) is 0 Å². The lowest BCUT2D eigenvalue weighted by atomic mass is 10.1. The van der Waals surface area contributed by atoms with E-state index < -0.39 is 5.97 Å². The molecule has 1 N–H and O–H groups in total. The van der Waals surface area contributed by atoms with Crippen molar-refractivity contribution >= 4 is 17.3 Å². The Hall–Kier alpha value is -1.41. The summed E-state index contributed by atoms with van der Waals surface area (Å²) < 4.78 is 0. The van der Waals surface area contributed by atoms with Crippen LogP contribution in [0.1, 0.15) is 52.0 Å².